The first-order valence-electron chi connectivity index (χ1n) is 4.77. The minimum absolute atomic E-state index is 0.502. The van der Waals surface area contributed by atoms with E-state index in [1.54, 1.807) is 18.2 Å². The van der Waals surface area contributed by atoms with Gasteiger partial charge in [-0.2, -0.15) is 0 Å². The van der Waals surface area contributed by atoms with Crippen molar-refractivity contribution < 1.29 is 4.74 Å². The zero-order chi connectivity index (χ0) is 12.3. The van der Waals surface area contributed by atoms with Crippen molar-refractivity contribution in [3.8, 4) is 11.6 Å². The van der Waals surface area contributed by atoms with Crippen molar-refractivity contribution in [2.45, 2.75) is 5.03 Å². The fourth-order valence-corrected chi connectivity index (χ4v) is 2.12. The Morgan fingerprint density at radius 3 is 2.76 bits per heavy atom. The normalized spacial score (nSPS) is 10.2. The number of nitrogens with zero attached hydrogens (tertiary/aromatic N) is 2. The predicted molar refractivity (Wildman–Crippen MR) is 72.4 cm³/mol. The molecule has 0 unspecified atom stereocenters. The fraction of sp³-hybridized carbons (Fsp3) is 0.0909. The molecule has 4 nitrogen and oxygen atoms in total. The minimum Gasteiger partial charge on any atom is -0.439 e. The van der Waals surface area contributed by atoms with Crippen LogP contribution in [-0.2, 0) is 0 Å². The van der Waals surface area contributed by atoms with Gasteiger partial charge >= 0.3 is 0 Å². The maximum atomic E-state index is 5.72. The number of anilines is 1. The third-order valence-corrected chi connectivity index (χ3v) is 3.04. The molecule has 0 bridgehead atoms. The number of benzene rings is 1. The van der Waals surface area contributed by atoms with Crippen molar-refractivity contribution in [3.63, 3.8) is 0 Å². The highest BCUT2D eigenvalue weighted by atomic mass is 79.9. The Balaban J connectivity index is 2.24. The Labute approximate surface area is 112 Å². The lowest BCUT2D eigenvalue weighted by atomic mass is 10.3. The van der Waals surface area contributed by atoms with Crippen LogP contribution in [0.3, 0.4) is 0 Å². The maximum absolute atomic E-state index is 5.72. The molecule has 2 rings (SSSR count). The summed E-state index contributed by atoms with van der Waals surface area (Å²) < 4.78 is 6.48. The summed E-state index contributed by atoms with van der Waals surface area (Å²) in [6.45, 7) is 0. The summed E-state index contributed by atoms with van der Waals surface area (Å²) in [6.07, 6.45) is 3.42. The van der Waals surface area contributed by atoms with Gasteiger partial charge in [-0.1, -0.05) is 15.9 Å². The number of thioether (sulfide) groups is 1. The van der Waals surface area contributed by atoms with Crippen LogP contribution in [0.1, 0.15) is 0 Å². The van der Waals surface area contributed by atoms with Crippen molar-refractivity contribution in [1.29, 1.82) is 0 Å². The zero-order valence-corrected chi connectivity index (χ0v) is 11.5. The molecule has 17 heavy (non-hydrogen) atoms. The topological polar surface area (TPSA) is 61.0 Å². The first-order chi connectivity index (χ1) is 8.17. The average molecular weight is 312 g/mol. The summed E-state index contributed by atoms with van der Waals surface area (Å²) in [5, 5.41) is 0.859. The molecular weight excluding hydrogens is 302 g/mol. The summed E-state index contributed by atoms with van der Waals surface area (Å²) in [6, 6.07) is 7.16. The van der Waals surface area contributed by atoms with Gasteiger partial charge in [0.1, 0.15) is 17.1 Å². The molecule has 0 saturated carbocycles. The molecule has 0 aliphatic rings. The number of nitrogens with two attached hydrogens (primary N) is 1. The highest BCUT2D eigenvalue weighted by Crippen LogP contribution is 2.27. The van der Waals surface area contributed by atoms with Gasteiger partial charge in [0.15, 0.2) is 0 Å². The van der Waals surface area contributed by atoms with Crippen molar-refractivity contribution in [3.05, 3.63) is 35.1 Å². The number of ether oxygens (including phenoxy) is 1. The van der Waals surface area contributed by atoms with Crippen molar-refractivity contribution in [2.24, 2.45) is 0 Å². The van der Waals surface area contributed by atoms with E-state index < -0.39 is 0 Å². The van der Waals surface area contributed by atoms with Gasteiger partial charge < -0.3 is 10.5 Å². The molecule has 0 fully saturated rings. The summed E-state index contributed by atoms with van der Waals surface area (Å²) in [4.78, 5) is 8.11. The van der Waals surface area contributed by atoms with E-state index in [0.717, 1.165) is 9.50 Å². The standard InChI is InChI=1S/C11H10BrN3OS/c1-17-11-5-10(14-6-15-11)16-9-3-7(12)2-8(13)4-9/h2-6H,13H2,1H3. The molecule has 1 heterocycles. The van der Waals surface area contributed by atoms with Crippen LogP contribution >= 0.6 is 27.7 Å². The molecular formula is C11H10BrN3OS. The monoisotopic (exact) mass is 311 g/mol. The molecule has 0 radical (unpaired) electrons. The molecule has 88 valence electrons. The van der Waals surface area contributed by atoms with Gasteiger partial charge in [-0.25, -0.2) is 9.97 Å². The number of hydrogen-bond donors (Lipinski definition) is 1. The van der Waals surface area contributed by atoms with Crippen LogP contribution in [-0.4, -0.2) is 16.2 Å². The third-order valence-electron chi connectivity index (χ3n) is 1.94. The number of rotatable bonds is 3. The fourth-order valence-electron chi connectivity index (χ4n) is 1.25. The Morgan fingerprint density at radius 1 is 1.24 bits per heavy atom. The van der Waals surface area contributed by atoms with Crippen LogP contribution in [0.4, 0.5) is 5.69 Å². The van der Waals surface area contributed by atoms with Gasteiger partial charge in [0.25, 0.3) is 0 Å². The molecule has 0 amide bonds. The summed E-state index contributed by atoms with van der Waals surface area (Å²) >= 11 is 4.89. The first kappa shape index (κ1) is 12.2. The van der Waals surface area contributed by atoms with E-state index >= 15 is 0 Å². The molecule has 0 atom stereocenters. The van der Waals surface area contributed by atoms with Crippen LogP contribution < -0.4 is 10.5 Å². The van der Waals surface area contributed by atoms with Crippen LogP contribution in [0.2, 0.25) is 0 Å². The molecule has 2 aromatic rings. The minimum atomic E-state index is 0.502. The predicted octanol–water partition coefficient (Wildman–Crippen LogP) is 3.34. The summed E-state index contributed by atoms with van der Waals surface area (Å²) in [5.74, 6) is 1.14. The maximum Gasteiger partial charge on any atom is 0.223 e. The number of hydrogen-bond acceptors (Lipinski definition) is 5. The van der Waals surface area contributed by atoms with Crippen LogP contribution in [0.15, 0.2) is 40.1 Å². The molecule has 0 aliphatic carbocycles. The van der Waals surface area contributed by atoms with Crippen molar-refractivity contribution in [1.82, 2.24) is 9.97 Å². The molecule has 6 heteroatoms. The molecule has 0 aliphatic heterocycles. The van der Waals surface area contributed by atoms with Gasteiger partial charge in [-0.15, -0.1) is 11.8 Å². The highest BCUT2D eigenvalue weighted by molar-refractivity contribution is 9.10. The van der Waals surface area contributed by atoms with E-state index in [-0.39, 0.29) is 0 Å². The lowest BCUT2D eigenvalue weighted by Crippen LogP contribution is -1.92. The quantitative estimate of drug-likeness (QED) is 0.535. The lowest BCUT2D eigenvalue weighted by Gasteiger charge is -2.06. The second-order valence-electron chi connectivity index (χ2n) is 3.22. The first-order valence-corrected chi connectivity index (χ1v) is 6.79. The molecule has 2 N–H and O–H groups in total. The van der Waals surface area contributed by atoms with Gasteiger partial charge in [-0.05, 0) is 18.4 Å². The van der Waals surface area contributed by atoms with Crippen LogP contribution in [0.5, 0.6) is 11.6 Å². The van der Waals surface area contributed by atoms with Crippen LogP contribution in [0.25, 0.3) is 0 Å². The van der Waals surface area contributed by atoms with Gasteiger partial charge in [-0.3, -0.25) is 0 Å². The summed E-state index contributed by atoms with van der Waals surface area (Å²) in [7, 11) is 0. The van der Waals surface area contributed by atoms with E-state index in [2.05, 4.69) is 25.9 Å². The van der Waals surface area contributed by atoms with Crippen molar-refractivity contribution >= 4 is 33.4 Å². The van der Waals surface area contributed by atoms with Crippen LogP contribution in [0, 0.1) is 0 Å². The molecule has 1 aromatic carbocycles. The van der Waals surface area contributed by atoms with Gasteiger partial charge in [0, 0.05) is 22.3 Å². The Bertz CT molecular complexity index is 516. The number of nitrogen functional groups attached to an aromatic ring is 1. The molecule has 1 aromatic heterocycles. The van der Waals surface area contributed by atoms with Crippen molar-refractivity contribution in [2.75, 3.05) is 12.0 Å². The van der Waals surface area contributed by atoms with Gasteiger partial charge in [0.05, 0.1) is 0 Å². The lowest BCUT2D eigenvalue weighted by molar-refractivity contribution is 0.459. The van der Waals surface area contributed by atoms with E-state index in [1.807, 2.05) is 12.3 Å². The summed E-state index contributed by atoms with van der Waals surface area (Å²) in [5.41, 5.74) is 6.36. The van der Waals surface area contributed by atoms with E-state index in [4.69, 9.17) is 10.5 Å². The Morgan fingerprint density at radius 2 is 2.06 bits per heavy atom. The molecule has 0 saturated heterocycles. The van der Waals surface area contributed by atoms with E-state index in [1.165, 1.54) is 18.1 Å². The molecule has 0 spiro atoms. The third kappa shape index (κ3) is 3.34. The number of halogens is 1. The van der Waals surface area contributed by atoms with E-state index in [0.29, 0.717) is 17.3 Å². The zero-order valence-electron chi connectivity index (χ0n) is 9.05. The second kappa shape index (κ2) is 5.37. The highest BCUT2D eigenvalue weighted by Gasteiger charge is 2.03. The second-order valence-corrected chi connectivity index (χ2v) is 4.96. The Kier molecular flexibility index (Phi) is 3.86. The van der Waals surface area contributed by atoms with Gasteiger partial charge in [0.2, 0.25) is 5.88 Å². The van der Waals surface area contributed by atoms with E-state index in [9.17, 15) is 0 Å². The number of aromatic nitrogens is 2. The SMILES string of the molecule is CSc1cc(Oc2cc(N)cc(Br)c2)ncn1. The smallest absolute Gasteiger partial charge is 0.223 e. The Hall–Kier alpha value is -1.27. The average Bonchev–Trinajstić information content (AvgIpc) is 2.28. The largest absolute Gasteiger partial charge is 0.439 e.